The molecule has 2 heterocycles. The summed E-state index contributed by atoms with van der Waals surface area (Å²) in [6.45, 7) is 3.79. The van der Waals surface area contributed by atoms with Gasteiger partial charge in [0.2, 0.25) is 0 Å². The van der Waals surface area contributed by atoms with E-state index in [1.807, 2.05) is 19.9 Å². The number of hydrogen-bond donors (Lipinski definition) is 2. The lowest BCUT2D eigenvalue weighted by Gasteiger charge is -2.01. The number of phenolic OH excluding ortho intramolecular Hbond substituents is 1. The van der Waals surface area contributed by atoms with Crippen molar-refractivity contribution in [1.29, 1.82) is 0 Å². The van der Waals surface area contributed by atoms with Gasteiger partial charge in [-0.05, 0) is 32.0 Å². The van der Waals surface area contributed by atoms with E-state index in [1.54, 1.807) is 18.2 Å². The van der Waals surface area contributed by atoms with Crippen LogP contribution in [-0.2, 0) is 0 Å². The van der Waals surface area contributed by atoms with Crippen LogP contribution in [0.4, 0.5) is 0 Å². The van der Waals surface area contributed by atoms with Crippen LogP contribution in [0.15, 0.2) is 24.3 Å². The van der Waals surface area contributed by atoms with Gasteiger partial charge in [-0.3, -0.25) is 0 Å². The monoisotopic (exact) mass is 240 g/mol. The first-order valence-corrected chi connectivity index (χ1v) is 5.63. The third-order valence-electron chi connectivity index (χ3n) is 2.82. The Labute approximate surface area is 104 Å². The van der Waals surface area contributed by atoms with E-state index in [4.69, 9.17) is 0 Å². The van der Waals surface area contributed by atoms with Crippen molar-refractivity contribution < 1.29 is 5.11 Å². The minimum Gasteiger partial charge on any atom is -0.508 e. The number of nitrogens with one attached hydrogen (secondary N) is 1. The summed E-state index contributed by atoms with van der Waals surface area (Å²) in [6.07, 6.45) is 0. The van der Waals surface area contributed by atoms with Crippen molar-refractivity contribution in [2.45, 2.75) is 13.8 Å². The Bertz CT molecular complexity index is 733. The van der Waals surface area contributed by atoms with E-state index in [1.165, 1.54) is 0 Å². The fourth-order valence-electron chi connectivity index (χ4n) is 1.91. The Morgan fingerprint density at radius 1 is 1.11 bits per heavy atom. The SMILES string of the molecule is Cc1cc(-c2nc3ccc(O)cc3[nH]2)c(C)nn1. The van der Waals surface area contributed by atoms with E-state index in [0.717, 1.165) is 33.8 Å². The second kappa shape index (κ2) is 3.80. The molecule has 0 atom stereocenters. The number of fused-ring (bicyclic) bond motifs is 1. The van der Waals surface area contributed by atoms with Gasteiger partial charge in [0.15, 0.2) is 0 Å². The summed E-state index contributed by atoms with van der Waals surface area (Å²) in [5, 5.41) is 17.5. The van der Waals surface area contributed by atoms with E-state index in [9.17, 15) is 5.11 Å². The molecule has 0 saturated heterocycles. The van der Waals surface area contributed by atoms with Gasteiger partial charge in [0.1, 0.15) is 11.6 Å². The summed E-state index contributed by atoms with van der Waals surface area (Å²) < 4.78 is 0. The van der Waals surface area contributed by atoms with Gasteiger partial charge >= 0.3 is 0 Å². The quantitative estimate of drug-likeness (QED) is 0.684. The number of nitrogens with zero attached hydrogens (tertiary/aromatic N) is 3. The third-order valence-corrected chi connectivity index (χ3v) is 2.82. The molecule has 0 bridgehead atoms. The summed E-state index contributed by atoms with van der Waals surface area (Å²) in [7, 11) is 0. The van der Waals surface area contributed by atoms with Crippen LogP contribution in [-0.4, -0.2) is 25.3 Å². The first-order valence-electron chi connectivity index (χ1n) is 5.63. The third kappa shape index (κ3) is 1.69. The molecule has 3 aromatic rings. The highest BCUT2D eigenvalue weighted by Crippen LogP contribution is 2.24. The first kappa shape index (κ1) is 10.7. The molecule has 5 nitrogen and oxygen atoms in total. The largest absolute Gasteiger partial charge is 0.508 e. The van der Waals surface area contributed by atoms with Gasteiger partial charge < -0.3 is 10.1 Å². The Morgan fingerprint density at radius 2 is 1.94 bits per heavy atom. The second-order valence-electron chi connectivity index (χ2n) is 4.27. The number of benzene rings is 1. The standard InChI is InChI=1S/C13H12N4O/c1-7-5-10(8(2)17-16-7)13-14-11-4-3-9(18)6-12(11)15-13/h3-6,18H,1-2H3,(H,14,15). The molecule has 0 aliphatic carbocycles. The highest BCUT2D eigenvalue weighted by atomic mass is 16.3. The lowest BCUT2D eigenvalue weighted by molar-refractivity contribution is 0.476. The minimum atomic E-state index is 0.221. The van der Waals surface area contributed by atoms with E-state index in [-0.39, 0.29) is 5.75 Å². The number of rotatable bonds is 1. The average Bonchev–Trinajstić information content (AvgIpc) is 2.74. The topological polar surface area (TPSA) is 74.7 Å². The highest BCUT2D eigenvalue weighted by molar-refractivity contribution is 5.80. The van der Waals surface area contributed by atoms with Gasteiger partial charge in [-0.1, -0.05) is 0 Å². The Morgan fingerprint density at radius 3 is 2.78 bits per heavy atom. The predicted octanol–water partition coefficient (Wildman–Crippen LogP) is 2.34. The van der Waals surface area contributed by atoms with Gasteiger partial charge in [0.05, 0.1) is 22.4 Å². The number of aryl methyl sites for hydroxylation is 2. The summed E-state index contributed by atoms with van der Waals surface area (Å²) in [5.74, 6) is 0.963. The van der Waals surface area contributed by atoms with Crippen LogP contribution in [0.2, 0.25) is 0 Å². The molecular formula is C13H12N4O. The van der Waals surface area contributed by atoms with Crippen molar-refractivity contribution >= 4 is 11.0 Å². The van der Waals surface area contributed by atoms with Crippen LogP contribution in [0.5, 0.6) is 5.75 Å². The first-order chi connectivity index (χ1) is 8.63. The van der Waals surface area contributed by atoms with Crippen molar-refractivity contribution in [3.05, 3.63) is 35.7 Å². The zero-order valence-corrected chi connectivity index (χ0v) is 10.1. The van der Waals surface area contributed by atoms with Crippen LogP contribution < -0.4 is 0 Å². The molecule has 18 heavy (non-hydrogen) atoms. The number of H-pyrrole nitrogens is 1. The minimum absolute atomic E-state index is 0.221. The van der Waals surface area contributed by atoms with Gasteiger partial charge in [-0.25, -0.2) is 4.98 Å². The molecule has 5 heteroatoms. The molecule has 0 aliphatic heterocycles. The van der Waals surface area contributed by atoms with E-state index >= 15 is 0 Å². The molecule has 3 rings (SSSR count). The molecule has 0 radical (unpaired) electrons. The second-order valence-corrected chi connectivity index (χ2v) is 4.27. The lowest BCUT2D eigenvalue weighted by atomic mass is 10.2. The fourth-order valence-corrected chi connectivity index (χ4v) is 1.91. The average molecular weight is 240 g/mol. The van der Waals surface area contributed by atoms with E-state index in [2.05, 4.69) is 20.2 Å². The zero-order valence-electron chi connectivity index (χ0n) is 10.1. The Hall–Kier alpha value is -2.43. The fraction of sp³-hybridized carbons (Fsp3) is 0.154. The molecule has 0 saturated carbocycles. The normalized spacial score (nSPS) is 11.0. The van der Waals surface area contributed by atoms with Crippen molar-refractivity contribution in [2.24, 2.45) is 0 Å². The number of aromatic hydroxyl groups is 1. The molecule has 0 unspecified atom stereocenters. The molecule has 0 aliphatic rings. The van der Waals surface area contributed by atoms with Crippen LogP contribution >= 0.6 is 0 Å². The van der Waals surface area contributed by atoms with Crippen LogP contribution in [0.3, 0.4) is 0 Å². The molecule has 2 N–H and O–H groups in total. The maximum atomic E-state index is 9.44. The van der Waals surface area contributed by atoms with E-state index < -0.39 is 0 Å². The number of phenols is 1. The Balaban J connectivity index is 2.22. The van der Waals surface area contributed by atoms with Crippen molar-refractivity contribution in [3.8, 4) is 17.1 Å². The highest BCUT2D eigenvalue weighted by Gasteiger charge is 2.09. The maximum Gasteiger partial charge on any atom is 0.140 e. The molecule has 0 amide bonds. The summed E-state index contributed by atoms with van der Waals surface area (Å²) in [4.78, 5) is 7.67. The maximum absolute atomic E-state index is 9.44. The van der Waals surface area contributed by atoms with Gasteiger partial charge in [0.25, 0.3) is 0 Å². The predicted molar refractivity (Wildman–Crippen MR) is 68.3 cm³/mol. The van der Waals surface area contributed by atoms with Crippen LogP contribution in [0.1, 0.15) is 11.4 Å². The molecular weight excluding hydrogens is 228 g/mol. The Kier molecular flexibility index (Phi) is 2.26. The van der Waals surface area contributed by atoms with Crippen LogP contribution in [0.25, 0.3) is 22.4 Å². The molecule has 1 aromatic carbocycles. The van der Waals surface area contributed by atoms with Gasteiger partial charge in [-0.15, -0.1) is 0 Å². The number of aromatic nitrogens is 4. The molecule has 90 valence electrons. The van der Waals surface area contributed by atoms with Crippen molar-refractivity contribution in [1.82, 2.24) is 20.2 Å². The van der Waals surface area contributed by atoms with Gasteiger partial charge in [-0.2, -0.15) is 10.2 Å². The number of imidazole rings is 1. The summed E-state index contributed by atoms with van der Waals surface area (Å²) in [6, 6.07) is 7.00. The van der Waals surface area contributed by atoms with Gasteiger partial charge in [0, 0.05) is 11.6 Å². The zero-order chi connectivity index (χ0) is 12.7. The lowest BCUT2D eigenvalue weighted by Crippen LogP contribution is -1.94. The van der Waals surface area contributed by atoms with E-state index in [0.29, 0.717) is 0 Å². The van der Waals surface area contributed by atoms with Crippen molar-refractivity contribution in [2.75, 3.05) is 0 Å². The summed E-state index contributed by atoms with van der Waals surface area (Å²) >= 11 is 0. The molecule has 0 fully saturated rings. The summed E-state index contributed by atoms with van der Waals surface area (Å²) in [5.41, 5.74) is 4.22. The molecule has 0 spiro atoms. The smallest absolute Gasteiger partial charge is 0.140 e. The van der Waals surface area contributed by atoms with Crippen LogP contribution in [0, 0.1) is 13.8 Å². The number of aromatic amines is 1. The van der Waals surface area contributed by atoms with Crippen molar-refractivity contribution in [3.63, 3.8) is 0 Å². The molecule has 2 aromatic heterocycles. The number of hydrogen-bond acceptors (Lipinski definition) is 4.